The number of amides is 2. The number of hydrogen-bond acceptors (Lipinski definition) is 3. The van der Waals surface area contributed by atoms with Gasteiger partial charge in [-0.25, -0.2) is 4.79 Å². The number of methoxy groups -OCH3 is 2. The Hall–Kier alpha value is -3.41. The lowest BCUT2D eigenvalue weighted by molar-refractivity contribution is 0.181. The van der Waals surface area contributed by atoms with Crippen LogP contribution in [0, 0.1) is 6.92 Å². The number of aromatic nitrogens is 1. The van der Waals surface area contributed by atoms with Gasteiger partial charge < -0.3 is 24.3 Å². The molecular formula is C23H25N3O3. The van der Waals surface area contributed by atoms with Gasteiger partial charge in [-0.05, 0) is 36.8 Å². The second-order valence-electron chi connectivity index (χ2n) is 7.10. The van der Waals surface area contributed by atoms with E-state index < -0.39 is 0 Å². The maximum atomic E-state index is 13.3. The number of rotatable bonds is 4. The summed E-state index contributed by atoms with van der Waals surface area (Å²) >= 11 is 0. The number of nitrogens with zero attached hydrogens (tertiary/aromatic N) is 2. The molecule has 2 aromatic carbocycles. The van der Waals surface area contributed by atoms with E-state index in [4.69, 9.17) is 9.47 Å². The summed E-state index contributed by atoms with van der Waals surface area (Å²) in [4.78, 5) is 15.2. The fraction of sp³-hybridized carbons (Fsp3) is 0.261. The number of urea groups is 1. The average molecular weight is 391 g/mol. The molecule has 4 rings (SSSR count). The third kappa shape index (κ3) is 3.53. The molecule has 1 N–H and O–H groups in total. The molecule has 6 heteroatoms. The van der Waals surface area contributed by atoms with Crippen LogP contribution < -0.4 is 14.8 Å². The minimum atomic E-state index is -0.172. The number of carbonyl (C=O) groups excluding carboxylic acids is 1. The van der Waals surface area contributed by atoms with E-state index in [0.717, 1.165) is 17.8 Å². The summed E-state index contributed by atoms with van der Waals surface area (Å²) in [6, 6.07) is 17.6. The van der Waals surface area contributed by atoms with Crippen molar-refractivity contribution in [2.45, 2.75) is 19.5 Å². The number of carbonyl (C=O) groups is 1. The second kappa shape index (κ2) is 7.91. The van der Waals surface area contributed by atoms with Gasteiger partial charge in [-0.15, -0.1) is 0 Å². The fourth-order valence-corrected chi connectivity index (χ4v) is 3.87. The van der Waals surface area contributed by atoms with Gasteiger partial charge in [0.1, 0.15) is 0 Å². The Kier molecular flexibility index (Phi) is 5.16. The Morgan fingerprint density at radius 2 is 1.79 bits per heavy atom. The van der Waals surface area contributed by atoms with Crippen LogP contribution in [-0.2, 0) is 6.54 Å². The summed E-state index contributed by atoms with van der Waals surface area (Å²) in [5, 5.41) is 3.01. The number of fused-ring (bicyclic) bond motifs is 1. The molecule has 0 aliphatic carbocycles. The van der Waals surface area contributed by atoms with Crippen LogP contribution in [0.3, 0.4) is 0 Å². The molecule has 1 aliphatic rings. The minimum Gasteiger partial charge on any atom is -0.493 e. The molecule has 0 saturated heterocycles. The molecule has 1 aliphatic heterocycles. The Labute approximate surface area is 170 Å². The van der Waals surface area contributed by atoms with Gasteiger partial charge in [0, 0.05) is 25.0 Å². The Balaban J connectivity index is 1.68. The normalized spacial score (nSPS) is 15.6. The van der Waals surface area contributed by atoms with E-state index in [2.05, 4.69) is 53.3 Å². The van der Waals surface area contributed by atoms with Crippen LogP contribution in [0.4, 0.5) is 10.5 Å². The first-order chi connectivity index (χ1) is 14.1. The predicted octanol–water partition coefficient (Wildman–Crippen LogP) is 4.45. The number of anilines is 1. The molecule has 0 radical (unpaired) electrons. The summed E-state index contributed by atoms with van der Waals surface area (Å²) in [5.74, 6) is 1.09. The molecule has 0 saturated carbocycles. The van der Waals surface area contributed by atoms with Crippen LogP contribution in [0.25, 0.3) is 0 Å². The molecule has 2 amide bonds. The lowest BCUT2D eigenvalue weighted by Crippen LogP contribution is -2.44. The van der Waals surface area contributed by atoms with E-state index in [1.807, 2.05) is 23.1 Å². The molecule has 0 fully saturated rings. The lowest BCUT2D eigenvalue weighted by atomic mass is 9.99. The van der Waals surface area contributed by atoms with Crippen molar-refractivity contribution in [1.82, 2.24) is 9.47 Å². The largest absolute Gasteiger partial charge is 0.493 e. The Morgan fingerprint density at radius 3 is 2.52 bits per heavy atom. The van der Waals surface area contributed by atoms with Crippen LogP contribution in [-0.4, -0.2) is 36.3 Å². The van der Waals surface area contributed by atoms with Crippen LogP contribution in [0.1, 0.15) is 22.9 Å². The molecule has 29 heavy (non-hydrogen) atoms. The van der Waals surface area contributed by atoms with Crippen molar-refractivity contribution >= 4 is 11.7 Å². The van der Waals surface area contributed by atoms with Gasteiger partial charge in [0.15, 0.2) is 11.5 Å². The molecular weight excluding hydrogens is 366 g/mol. The summed E-state index contributed by atoms with van der Waals surface area (Å²) in [7, 11) is 3.14. The average Bonchev–Trinajstić information content (AvgIpc) is 3.22. The van der Waals surface area contributed by atoms with Crippen molar-refractivity contribution in [3.05, 3.63) is 77.6 Å². The maximum Gasteiger partial charge on any atom is 0.322 e. The topological polar surface area (TPSA) is 55.7 Å². The zero-order valence-corrected chi connectivity index (χ0v) is 16.9. The summed E-state index contributed by atoms with van der Waals surface area (Å²) in [6.45, 7) is 3.43. The number of nitrogens with one attached hydrogen (secondary N) is 1. The number of aryl methyl sites for hydroxylation is 1. The number of para-hydroxylation sites is 1. The summed E-state index contributed by atoms with van der Waals surface area (Å²) in [6.07, 6.45) is 2.07. The predicted molar refractivity (Wildman–Crippen MR) is 113 cm³/mol. The van der Waals surface area contributed by atoms with E-state index in [0.29, 0.717) is 23.7 Å². The molecule has 2 heterocycles. The molecule has 3 aromatic rings. The van der Waals surface area contributed by atoms with Crippen molar-refractivity contribution in [3.63, 3.8) is 0 Å². The molecule has 1 unspecified atom stereocenters. The van der Waals surface area contributed by atoms with Crippen molar-refractivity contribution in [2.24, 2.45) is 0 Å². The second-order valence-corrected chi connectivity index (χ2v) is 7.10. The van der Waals surface area contributed by atoms with E-state index in [1.165, 1.54) is 5.56 Å². The highest BCUT2D eigenvalue weighted by Gasteiger charge is 2.32. The summed E-state index contributed by atoms with van der Waals surface area (Å²) in [5.41, 5.74) is 3.97. The van der Waals surface area contributed by atoms with Gasteiger partial charge in [0.2, 0.25) is 0 Å². The zero-order chi connectivity index (χ0) is 20.4. The molecule has 6 nitrogen and oxygen atoms in total. The van der Waals surface area contributed by atoms with Gasteiger partial charge in [-0.2, -0.15) is 0 Å². The van der Waals surface area contributed by atoms with Crippen molar-refractivity contribution < 1.29 is 14.3 Å². The number of hydrogen-bond donors (Lipinski definition) is 1. The van der Waals surface area contributed by atoms with E-state index in [1.54, 1.807) is 20.3 Å². The van der Waals surface area contributed by atoms with Gasteiger partial charge in [0.25, 0.3) is 0 Å². The Bertz CT molecular complexity index is 1010. The Morgan fingerprint density at radius 1 is 1.00 bits per heavy atom. The molecule has 0 spiro atoms. The monoisotopic (exact) mass is 391 g/mol. The van der Waals surface area contributed by atoms with Gasteiger partial charge in [-0.3, -0.25) is 0 Å². The molecule has 150 valence electrons. The van der Waals surface area contributed by atoms with Crippen LogP contribution in [0.5, 0.6) is 11.5 Å². The van der Waals surface area contributed by atoms with Gasteiger partial charge >= 0.3 is 6.03 Å². The van der Waals surface area contributed by atoms with Gasteiger partial charge in [-0.1, -0.05) is 35.9 Å². The maximum absolute atomic E-state index is 13.3. The molecule has 1 aromatic heterocycles. The number of benzene rings is 2. The van der Waals surface area contributed by atoms with E-state index >= 15 is 0 Å². The smallest absolute Gasteiger partial charge is 0.322 e. The first-order valence-electron chi connectivity index (χ1n) is 9.62. The van der Waals surface area contributed by atoms with Gasteiger partial charge in [0.05, 0.1) is 25.9 Å². The number of ether oxygens (including phenoxy) is 2. The lowest BCUT2D eigenvalue weighted by Gasteiger charge is -2.37. The zero-order valence-electron chi connectivity index (χ0n) is 16.9. The van der Waals surface area contributed by atoms with E-state index in [9.17, 15) is 4.79 Å². The van der Waals surface area contributed by atoms with Crippen molar-refractivity contribution in [2.75, 3.05) is 26.1 Å². The molecule has 1 atom stereocenters. The quantitative estimate of drug-likeness (QED) is 0.715. The fourth-order valence-electron chi connectivity index (χ4n) is 3.87. The highest BCUT2D eigenvalue weighted by atomic mass is 16.5. The van der Waals surface area contributed by atoms with Crippen LogP contribution >= 0.6 is 0 Å². The van der Waals surface area contributed by atoms with Crippen LogP contribution in [0.15, 0.2) is 60.8 Å². The van der Waals surface area contributed by atoms with Crippen LogP contribution in [0.2, 0.25) is 0 Å². The van der Waals surface area contributed by atoms with Crippen molar-refractivity contribution in [1.29, 1.82) is 0 Å². The third-order valence-electron chi connectivity index (χ3n) is 5.34. The first-order valence-corrected chi connectivity index (χ1v) is 9.62. The minimum absolute atomic E-state index is 0.157. The molecule has 0 bridgehead atoms. The SMILES string of the molecule is COc1cccc(NC(=O)N2CCn3cccc3C2c2ccc(C)cc2)c1OC. The highest BCUT2D eigenvalue weighted by molar-refractivity contribution is 5.92. The van der Waals surface area contributed by atoms with Crippen molar-refractivity contribution in [3.8, 4) is 11.5 Å². The first kappa shape index (κ1) is 18.9. The third-order valence-corrected chi connectivity index (χ3v) is 5.34. The highest BCUT2D eigenvalue weighted by Crippen LogP contribution is 2.37. The standard InChI is InChI=1S/C23H25N3O3/c1-16-9-11-17(12-10-16)21-19-7-5-13-25(19)14-15-26(21)23(27)24-18-6-4-8-20(28-2)22(18)29-3/h4-13,21H,14-15H2,1-3H3,(H,24,27). The van der Waals surface area contributed by atoms with E-state index in [-0.39, 0.29) is 12.1 Å². The summed E-state index contributed by atoms with van der Waals surface area (Å²) < 4.78 is 13.0.